The molecular formula is C19H22FN3O3. The molecule has 1 amide bonds. The second kappa shape index (κ2) is 7.70. The number of carbonyl (C=O) groups excluding carboxylic acids is 1. The molecule has 0 aliphatic carbocycles. The van der Waals surface area contributed by atoms with Crippen LogP contribution in [0.5, 0.6) is 0 Å². The minimum Gasteiger partial charge on any atom is -0.372 e. The molecular weight excluding hydrogens is 337 g/mol. The summed E-state index contributed by atoms with van der Waals surface area (Å²) in [5, 5.41) is 2.64. The highest BCUT2D eigenvalue weighted by molar-refractivity contribution is 5.93. The first-order chi connectivity index (χ1) is 12.4. The first-order valence-electron chi connectivity index (χ1n) is 8.59. The summed E-state index contributed by atoms with van der Waals surface area (Å²) in [5.74, 6) is -0.831. The number of amides is 1. The maximum absolute atomic E-state index is 14.6. The van der Waals surface area contributed by atoms with Gasteiger partial charge in [0.1, 0.15) is 11.4 Å². The zero-order valence-corrected chi connectivity index (χ0v) is 14.8. The number of nitrogens with one attached hydrogen (secondary N) is 2. The van der Waals surface area contributed by atoms with E-state index in [4.69, 9.17) is 4.74 Å². The summed E-state index contributed by atoms with van der Waals surface area (Å²) in [6.07, 6.45) is 1.54. The lowest BCUT2D eigenvalue weighted by molar-refractivity contribution is -0.00539. The lowest BCUT2D eigenvalue weighted by atomic mass is 10.1. The molecule has 1 saturated heterocycles. The number of ether oxygens (including phenoxy) is 1. The van der Waals surface area contributed by atoms with Crippen molar-refractivity contribution < 1.29 is 13.9 Å². The van der Waals surface area contributed by atoms with Gasteiger partial charge in [0.2, 0.25) is 0 Å². The van der Waals surface area contributed by atoms with E-state index in [-0.39, 0.29) is 30.1 Å². The first-order valence-corrected chi connectivity index (χ1v) is 8.59. The molecule has 2 atom stereocenters. The van der Waals surface area contributed by atoms with E-state index in [1.807, 2.05) is 18.7 Å². The number of anilines is 1. The van der Waals surface area contributed by atoms with Gasteiger partial charge in [0, 0.05) is 25.8 Å². The van der Waals surface area contributed by atoms with Gasteiger partial charge in [0.15, 0.2) is 0 Å². The van der Waals surface area contributed by atoms with E-state index in [1.165, 1.54) is 18.3 Å². The van der Waals surface area contributed by atoms with Crippen molar-refractivity contribution in [1.82, 2.24) is 10.3 Å². The number of rotatable bonds is 4. The standard InChI is InChI=1S/C19H22FN3O3/c1-12-10-23(11-13(2)26-12)17-6-5-14(8-16(17)20)9-22-19(25)15-4-3-7-21-18(15)24/h3-8,12-13H,9-11H2,1-2H3,(H,21,24)(H,22,25)/t12-,13+. The summed E-state index contributed by atoms with van der Waals surface area (Å²) in [6.45, 7) is 5.34. The Kier molecular flexibility index (Phi) is 5.37. The van der Waals surface area contributed by atoms with Crippen molar-refractivity contribution in [2.75, 3.05) is 18.0 Å². The largest absolute Gasteiger partial charge is 0.372 e. The van der Waals surface area contributed by atoms with E-state index < -0.39 is 11.5 Å². The number of morpholine rings is 1. The predicted molar refractivity (Wildman–Crippen MR) is 96.9 cm³/mol. The molecule has 0 radical (unpaired) electrons. The van der Waals surface area contributed by atoms with Crippen LogP contribution in [0.25, 0.3) is 0 Å². The third kappa shape index (κ3) is 4.11. The van der Waals surface area contributed by atoms with Crippen molar-refractivity contribution in [1.29, 1.82) is 0 Å². The Morgan fingerprint density at radius 1 is 1.31 bits per heavy atom. The van der Waals surface area contributed by atoms with E-state index in [0.717, 1.165) is 0 Å². The minimum atomic E-state index is -0.493. The molecule has 0 unspecified atom stereocenters. The van der Waals surface area contributed by atoms with Crippen LogP contribution in [0.15, 0.2) is 41.3 Å². The molecule has 0 spiro atoms. The second-order valence-corrected chi connectivity index (χ2v) is 6.54. The average molecular weight is 359 g/mol. The molecule has 7 heteroatoms. The van der Waals surface area contributed by atoms with Gasteiger partial charge < -0.3 is 19.9 Å². The first kappa shape index (κ1) is 18.1. The van der Waals surface area contributed by atoms with Gasteiger partial charge in [-0.1, -0.05) is 6.07 Å². The van der Waals surface area contributed by atoms with E-state index in [9.17, 15) is 14.0 Å². The lowest BCUT2D eigenvalue weighted by Gasteiger charge is -2.37. The Hall–Kier alpha value is -2.67. The molecule has 1 aliphatic rings. The number of hydrogen-bond acceptors (Lipinski definition) is 4. The van der Waals surface area contributed by atoms with Crippen LogP contribution in [0, 0.1) is 5.82 Å². The molecule has 1 aromatic carbocycles. The molecule has 1 fully saturated rings. The van der Waals surface area contributed by atoms with Gasteiger partial charge in [-0.2, -0.15) is 0 Å². The third-order valence-electron chi connectivity index (χ3n) is 4.29. The zero-order valence-electron chi connectivity index (χ0n) is 14.8. The zero-order chi connectivity index (χ0) is 18.7. The summed E-state index contributed by atoms with van der Waals surface area (Å²) < 4.78 is 20.2. The van der Waals surface area contributed by atoms with Crippen molar-refractivity contribution in [2.24, 2.45) is 0 Å². The Bertz CT molecular complexity index is 842. The second-order valence-electron chi connectivity index (χ2n) is 6.54. The summed E-state index contributed by atoms with van der Waals surface area (Å²) >= 11 is 0. The molecule has 6 nitrogen and oxygen atoms in total. The van der Waals surface area contributed by atoms with Crippen LogP contribution in [0.1, 0.15) is 29.8 Å². The Morgan fingerprint density at radius 3 is 2.69 bits per heavy atom. The highest BCUT2D eigenvalue weighted by Crippen LogP contribution is 2.24. The quantitative estimate of drug-likeness (QED) is 0.876. The number of benzene rings is 1. The Balaban J connectivity index is 1.67. The van der Waals surface area contributed by atoms with Crippen LogP contribution in [0.2, 0.25) is 0 Å². The fraction of sp³-hybridized carbons (Fsp3) is 0.368. The normalized spacial score (nSPS) is 20.0. The van der Waals surface area contributed by atoms with Crippen LogP contribution < -0.4 is 15.8 Å². The van der Waals surface area contributed by atoms with E-state index in [1.54, 1.807) is 18.2 Å². The van der Waals surface area contributed by atoms with Crippen LogP contribution in [-0.4, -0.2) is 36.2 Å². The number of hydrogen-bond donors (Lipinski definition) is 2. The minimum absolute atomic E-state index is 0.0286. The van der Waals surface area contributed by atoms with Crippen LogP contribution in [-0.2, 0) is 11.3 Å². The molecule has 138 valence electrons. The number of pyridine rings is 1. The van der Waals surface area contributed by atoms with Crippen molar-refractivity contribution in [3.63, 3.8) is 0 Å². The highest BCUT2D eigenvalue weighted by atomic mass is 19.1. The molecule has 3 rings (SSSR count). The van der Waals surface area contributed by atoms with Gasteiger partial charge in [-0.05, 0) is 43.7 Å². The van der Waals surface area contributed by atoms with Gasteiger partial charge in [-0.25, -0.2) is 4.39 Å². The van der Waals surface area contributed by atoms with Gasteiger partial charge in [-0.3, -0.25) is 9.59 Å². The number of aromatic nitrogens is 1. The Morgan fingerprint density at radius 2 is 2.04 bits per heavy atom. The monoisotopic (exact) mass is 359 g/mol. The van der Waals surface area contributed by atoms with E-state index in [0.29, 0.717) is 24.3 Å². The van der Waals surface area contributed by atoms with Gasteiger partial charge in [0.25, 0.3) is 11.5 Å². The van der Waals surface area contributed by atoms with Crippen LogP contribution in [0.4, 0.5) is 10.1 Å². The number of carbonyl (C=O) groups is 1. The van der Waals surface area contributed by atoms with Gasteiger partial charge >= 0.3 is 0 Å². The van der Waals surface area contributed by atoms with Crippen molar-refractivity contribution >= 4 is 11.6 Å². The van der Waals surface area contributed by atoms with E-state index >= 15 is 0 Å². The predicted octanol–water partition coefficient (Wildman–Crippen LogP) is 2.06. The number of H-pyrrole nitrogens is 1. The van der Waals surface area contributed by atoms with Crippen molar-refractivity contribution in [2.45, 2.75) is 32.6 Å². The van der Waals surface area contributed by atoms with Gasteiger partial charge in [-0.15, -0.1) is 0 Å². The maximum Gasteiger partial charge on any atom is 0.260 e. The summed E-state index contributed by atoms with van der Waals surface area (Å²) in [6, 6.07) is 7.93. The molecule has 26 heavy (non-hydrogen) atoms. The van der Waals surface area contributed by atoms with Crippen molar-refractivity contribution in [3.05, 3.63) is 63.8 Å². The fourth-order valence-corrected chi connectivity index (χ4v) is 3.17. The number of halogens is 1. The SMILES string of the molecule is C[C@@H]1CN(c2ccc(CNC(=O)c3ccc[nH]c3=O)cc2F)C[C@H](C)O1. The fourth-order valence-electron chi connectivity index (χ4n) is 3.17. The highest BCUT2D eigenvalue weighted by Gasteiger charge is 2.24. The Labute approximate surface area is 151 Å². The van der Waals surface area contributed by atoms with Crippen LogP contribution >= 0.6 is 0 Å². The molecule has 2 heterocycles. The topological polar surface area (TPSA) is 74.4 Å². The van der Waals surface area contributed by atoms with Crippen molar-refractivity contribution in [3.8, 4) is 0 Å². The number of aromatic amines is 1. The summed E-state index contributed by atoms with van der Waals surface area (Å²) in [5.41, 5.74) is 0.728. The summed E-state index contributed by atoms with van der Waals surface area (Å²) in [4.78, 5) is 28.1. The van der Waals surface area contributed by atoms with Crippen LogP contribution in [0.3, 0.4) is 0 Å². The molecule has 0 bridgehead atoms. The molecule has 1 aromatic heterocycles. The molecule has 2 aromatic rings. The molecule has 2 N–H and O–H groups in total. The number of nitrogens with zero attached hydrogens (tertiary/aromatic N) is 1. The summed E-state index contributed by atoms with van der Waals surface area (Å²) in [7, 11) is 0. The lowest BCUT2D eigenvalue weighted by Crippen LogP contribution is -2.45. The molecule has 0 saturated carbocycles. The van der Waals surface area contributed by atoms with Gasteiger partial charge in [0.05, 0.1) is 17.9 Å². The molecule has 1 aliphatic heterocycles. The van der Waals surface area contributed by atoms with E-state index in [2.05, 4.69) is 10.3 Å². The third-order valence-corrected chi connectivity index (χ3v) is 4.29. The average Bonchev–Trinajstić information content (AvgIpc) is 2.59. The maximum atomic E-state index is 14.6. The smallest absolute Gasteiger partial charge is 0.260 e.